The zero-order valence-electron chi connectivity index (χ0n) is 15.6. The number of likely N-dealkylation sites (tertiary alicyclic amines) is 1. The Balaban J connectivity index is 0.00000243. The number of halogens is 1. The number of para-hydroxylation sites is 1. The highest BCUT2D eigenvalue weighted by atomic mass is 127. The van der Waals surface area contributed by atoms with Crippen LogP contribution in [-0.2, 0) is 6.54 Å². The first kappa shape index (κ1) is 20.5. The second kappa shape index (κ2) is 10.4. The summed E-state index contributed by atoms with van der Waals surface area (Å²) >= 11 is 0. The number of aromatic nitrogens is 1. The van der Waals surface area contributed by atoms with Gasteiger partial charge in [-0.25, -0.2) is 9.98 Å². The highest BCUT2D eigenvalue weighted by molar-refractivity contribution is 14.0. The SMILES string of the molecule is CN(C)c1cccc(CN=C(Nc2ccccc2)N2CCCCC2)n1.I. The predicted octanol–water partition coefficient (Wildman–Crippen LogP) is 4.22. The van der Waals surface area contributed by atoms with Crippen LogP contribution in [0.2, 0.25) is 0 Å². The summed E-state index contributed by atoms with van der Waals surface area (Å²) in [6.07, 6.45) is 3.76. The van der Waals surface area contributed by atoms with E-state index >= 15 is 0 Å². The van der Waals surface area contributed by atoms with Gasteiger partial charge in [0.05, 0.1) is 12.2 Å². The molecule has 0 saturated carbocycles. The third kappa shape index (κ3) is 5.86. The molecule has 5 nitrogen and oxygen atoms in total. The summed E-state index contributed by atoms with van der Waals surface area (Å²) < 4.78 is 0. The number of hydrogen-bond donors (Lipinski definition) is 1. The quantitative estimate of drug-likeness (QED) is 0.417. The summed E-state index contributed by atoms with van der Waals surface area (Å²) in [5, 5.41) is 3.49. The number of benzene rings is 1. The van der Waals surface area contributed by atoms with Crippen LogP contribution in [0.1, 0.15) is 25.0 Å². The molecule has 0 atom stereocenters. The van der Waals surface area contributed by atoms with Crippen molar-refractivity contribution in [3.63, 3.8) is 0 Å². The molecule has 1 saturated heterocycles. The van der Waals surface area contributed by atoms with E-state index in [4.69, 9.17) is 4.99 Å². The van der Waals surface area contributed by atoms with Crippen LogP contribution >= 0.6 is 24.0 Å². The lowest BCUT2D eigenvalue weighted by molar-refractivity contribution is 0.340. The molecule has 1 aromatic carbocycles. The van der Waals surface area contributed by atoms with Crippen molar-refractivity contribution in [2.45, 2.75) is 25.8 Å². The van der Waals surface area contributed by atoms with Crippen LogP contribution < -0.4 is 10.2 Å². The molecule has 26 heavy (non-hydrogen) atoms. The van der Waals surface area contributed by atoms with Gasteiger partial charge in [-0.1, -0.05) is 24.3 Å². The molecule has 2 heterocycles. The standard InChI is InChI=1S/C20H27N5.HI/c1-24(2)19-13-9-12-18(22-19)16-21-20(25-14-7-4-8-15-25)23-17-10-5-3-6-11-17;/h3,5-6,9-13H,4,7-8,14-16H2,1-2H3,(H,21,23);1H. The number of piperidine rings is 1. The molecule has 1 aliphatic heterocycles. The molecular weight excluding hydrogens is 437 g/mol. The van der Waals surface area contributed by atoms with Crippen molar-refractivity contribution in [2.24, 2.45) is 4.99 Å². The summed E-state index contributed by atoms with van der Waals surface area (Å²) in [4.78, 5) is 13.9. The van der Waals surface area contributed by atoms with Crippen LogP contribution in [0.15, 0.2) is 53.5 Å². The van der Waals surface area contributed by atoms with E-state index in [1.807, 2.05) is 55.4 Å². The third-order valence-corrected chi connectivity index (χ3v) is 4.33. The Morgan fingerprint density at radius 3 is 2.46 bits per heavy atom. The van der Waals surface area contributed by atoms with E-state index in [1.54, 1.807) is 0 Å². The van der Waals surface area contributed by atoms with Crippen LogP contribution in [0.4, 0.5) is 11.5 Å². The highest BCUT2D eigenvalue weighted by Crippen LogP contribution is 2.14. The van der Waals surface area contributed by atoms with Gasteiger partial charge in [0.1, 0.15) is 5.82 Å². The molecule has 1 N–H and O–H groups in total. The molecular formula is C20H28IN5. The molecule has 0 amide bonds. The molecule has 1 aromatic heterocycles. The normalized spacial score (nSPS) is 14.5. The van der Waals surface area contributed by atoms with E-state index in [0.29, 0.717) is 6.54 Å². The minimum atomic E-state index is 0. The number of hydrogen-bond acceptors (Lipinski definition) is 3. The lowest BCUT2D eigenvalue weighted by atomic mass is 10.1. The Kier molecular flexibility index (Phi) is 8.15. The van der Waals surface area contributed by atoms with E-state index in [2.05, 4.69) is 27.3 Å². The summed E-state index contributed by atoms with van der Waals surface area (Å²) in [7, 11) is 4.01. The number of rotatable bonds is 4. The number of guanidine groups is 1. The zero-order valence-corrected chi connectivity index (χ0v) is 17.9. The molecule has 0 aliphatic carbocycles. The molecule has 0 spiro atoms. The Labute approximate surface area is 173 Å². The van der Waals surface area contributed by atoms with Gasteiger partial charge in [-0.2, -0.15) is 0 Å². The van der Waals surface area contributed by atoms with Crippen molar-refractivity contribution in [3.05, 3.63) is 54.2 Å². The van der Waals surface area contributed by atoms with E-state index < -0.39 is 0 Å². The van der Waals surface area contributed by atoms with Gasteiger partial charge in [-0.3, -0.25) is 0 Å². The maximum atomic E-state index is 4.86. The van der Waals surface area contributed by atoms with Gasteiger partial charge in [0.15, 0.2) is 5.96 Å². The van der Waals surface area contributed by atoms with Crippen molar-refractivity contribution >= 4 is 41.4 Å². The molecule has 1 fully saturated rings. The molecule has 0 bridgehead atoms. The largest absolute Gasteiger partial charge is 0.363 e. The van der Waals surface area contributed by atoms with Crippen LogP contribution in [0.5, 0.6) is 0 Å². The van der Waals surface area contributed by atoms with Crippen LogP contribution in [0.3, 0.4) is 0 Å². The highest BCUT2D eigenvalue weighted by Gasteiger charge is 2.15. The van der Waals surface area contributed by atoms with Gasteiger partial charge in [-0.05, 0) is 43.5 Å². The minimum absolute atomic E-state index is 0. The van der Waals surface area contributed by atoms with Crippen LogP contribution in [0.25, 0.3) is 0 Å². The molecule has 6 heteroatoms. The molecule has 0 unspecified atom stereocenters. The first-order valence-corrected chi connectivity index (χ1v) is 8.97. The summed E-state index contributed by atoms with van der Waals surface area (Å²) in [6, 6.07) is 16.3. The second-order valence-corrected chi connectivity index (χ2v) is 6.56. The molecule has 1 aliphatic rings. The van der Waals surface area contributed by atoms with E-state index in [9.17, 15) is 0 Å². The van der Waals surface area contributed by atoms with Gasteiger partial charge in [0.25, 0.3) is 0 Å². The molecule has 3 rings (SSSR count). The second-order valence-electron chi connectivity index (χ2n) is 6.56. The van der Waals surface area contributed by atoms with Gasteiger partial charge in [0, 0.05) is 32.9 Å². The van der Waals surface area contributed by atoms with Crippen molar-refractivity contribution in [1.29, 1.82) is 0 Å². The van der Waals surface area contributed by atoms with Gasteiger partial charge >= 0.3 is 0 Å². The Morgan fingerprint density at radius 2 is 1.77 bits per heavy atom. The van der Waals surface area contributed by atoms with E-state index in [1.165, 1.54) is 19.3 Å². The monoisotopic (exact) mass is 465 g/mol. The zero-order chi connectivity index (χ0) is 17.5. The smallest absolute Gasteiger partial charge is 0.198 e. The summed E-state index contributed by atoms with van der Waals surface area (Å²) in [6.45, 7) is 2.70. The fraction of sp³-hybridized carbons (Fsp3) is 0.400. The Bertz CT molecular complexity index is 696. The number of pyridine rings is 1. The van der Waals surface area contributed by atoms with Crippen LogP contribution in [-0.4, -0.2) is 43.0 Å². The van der Waals surface area contributed by atoms with Crippen molar-refractivity contribution in [1.82, 2.24) is 9.88 Å². The maximum absolute atomic E-state index is 4.86. The average Bonchev–Trinajstić information content (AvgIpc) is 2.67. The summed E-state index contributed by atoms with van der Waals surface area (Å²) in [5.74, 6) is 1.91. The number of nitrogens with zero attached hydrogens (tertiary/aromatic N) is 4. The van der Waals surface area contributed by atoms with Crippen LogP contribution in [0, 0.1) is 0 Å². The first-order chi connectivity index (χ1) is 12.2. The molecule has 2 aromatic rings. The molecule has 140 valence electrons. The predicted molar refractivity (Wildman–Crippen MR) is 121 cm³/mol. The average molecular weight is 465 g/mol. The third-order valence-electron chi connectivity index (χ3n) is 4.33. The van der Waals surface area contributed by atoms with Crippen molar-refractivity contribution in [3.8, 4) is 0 Å². The number of nitrogens with one attached hydrogen (secondary N) is 1. The van der Waals surface area contributed by atoms with Crippen molar-refractivity contribution in [2.75, 3.05) is 37.4 Å². The summed E-state index contributed by atoms with van der Waals surface area (Å²) in [5.41, 5.74) is 2.05. The Hall–Kier alpha value is -1.83. The van der Waals surface area contributed by atoms with E-state index in [0.717, 1.165) is 36.2 Å². The minimum Gasteiger partial charge on any atom is -0.363 e. The maximum Gasteiger partial charge on any atom is 0.198 e. The first-order valence-electron chi connectivity index (χ1n) is 8.97. The topological polar surface area (TPSA) is 43.8 Å². The van der Waals surface area contributed by atoms with E-state index in [-0.39, 0.29) is 24.0 Å². The lowest BCUT2D eigenvalue weighted by Crippen LogP contribution is -2.40. The number of aliphatic imine (C=N–C) groups is 1. The van der Waals surface area contributed by atoms with Gasteiger partial charge in [0.2, 0.25) is 0 Å². The lowest BCUT2D eigenvalue weighted by Gasteiger charge is -2.30. The van der Waals surface area contributed by atoms with Gasteiger partial charge in [-0.15, -0.1) is 24.0 Å². The molecule has 0 radical (unpaired) electrons. The van der Waals surface area contributed by atoms with Gasteiger partial charge < -0.3 is 15.1 Å². The Morgan fingerprint density at radius 1 is 1.04 bits per heavy atom. The number of anilines is 2. The van der Waals surface area contributed by atoms with Crippen molar-refractivity contribution < 1.29 is 0 Å². The fourth-order valence-corrected chi connectivity index (χ4v) is 2.93. The fourth-order valence-electron chi connectivity index (χ4n) is 2.93.